The lowest BCUT2D eigenvalue weighted by Gasteiger charge is -2.21. The molecule has 3 aromatic rings. The van der Waals surface area contributed by atoms with Gasteiger partial charge in [-0.2, -0.15) is 0 Å². The molecule has 0 aromatic heterocycles. The standard InChI is InChI=1S/C25H18FNO5/c1-14-8-2-7-13-19(14)27-24(30)22(29)20(21(28)17-11-5-6-12-18(17)26)23-15-9-3-4-10-16(15)25(31)32-23/h2-13,20,23H,1H3,(H,27,30)/t20-,23-/m1/s1. The SMILES string of the molecule is Cc1ccccc1NC(=O)C(=O)[C@@H](C(=O)c1ccccc1F)[C@@H]1OC(=O)c2ccccc21. The van der Waals surface area contributed by atoms with Crippen molar-refractivity contribution in [3.8, 4) is 0 Å². The van der Waals surface area contributed by atoms with Gasteiger partial charge in [0.1, 0.15) is 17.8 Å². The van der Waals surface area contributed by atoms with E-state index in [1.807, 2.05) is 0 Å². The minimum Gasteiger partial charge on any atom is -0.453 e. The van der Waals surface area contributed by atoms with Crippen LogP contribution in [0.15, 0.2) is 72.8 Å². The number of para-hydroxylation sites is 1. The molecule has 1 amide bonds. The van der Waals surface area contributed by atoms with Gasteiger partial charge in [0.15, 0.2) is 5.78 Å². The Labute approximate surface area is 183 Å². The molecule has 1 aliphatic rings. The van der Waals surface area contributed by atoms with Gasteiger partial charge >= 0.3 is 5.97 Å². The number of Topliss-reactive ketones (excluding diaryl/α,β-unsaturated/α-hetero) is 2. The Morgan fingerprint density at radius 1 is 0.938 bits per heavy atom. The maximum atomic E-state index is 14.4. The van der Waals surface area contributed by atoms with Crippen molar-refractivity contribution in [2.24, 2.45) is 5.92 Å². The Morgan fingerprint density at radius 3 is 2.34 bits per heavy atom. The summed E-state index contributed by atoms with van der Waals surface area (Å²) in [5, 5.41) is 2.50. The summed E-state index contributed by atoms with van der Waals surface area (Å²) >= 11 is 0. The molecule has 1 heterocycles. The molecule has 0 radical (unpaired) electrons. The topological polar surface area (TPSA) is 89.5 Å². The van der Waals surface area contributed by atoms with Gasteiger partial charge in [-0.25, -0.2) is 9.18 Å². The third kappa shape index (κ3) is 3.80. The van der Waals surface area contributed by atoms with Crippen LogP contribution in [0.1, 0.15) is 37.9 Å². The van der Waals surface area contributed by atoms with Crippen LogP contribution in [0.25, 0.3) is 0 Å². The van der Waals surface area contributed by atoms with E-state index in [-0.39, 0.29) is 11.1 Å². The summed E-state index contributed by atoms with van der Waals surface area (Å²) in [7, 11) is 0. The Bertz CT molecular complexity index is 1250. The fourth-order valence-corrected chi connectivity index (χ4v) is 3.68. The van der Waals surface area contributed by atoms with E-state index >= 15 is 0 Å². The van der Waals surface area contributed by atoms with Crippen LogP contribution in [0.3, 0.4) is 0 Å². The summed E-state index contributed by atoms with van der Waals surface area (Å²) in [6.07, 6.45) is -1.35. The summed E-state index contributed by atoms with van der Waals surface area (Å²) in [6, 6.07) is 18.2. The van der Waals surface area contributed by atoms with E-state index in [9.17, 15) is 23.6 Å². The number of halogens is 1. The number of cyclic esters (lactones) is 1. The number of nitrogens with one attached hydrogen (secondary N) is 1. The van der Waals surface area contributed by atoms with Crippen molar-refractivity contribution >= 4 is 29.1 Å². The molecule has 3 aromatic carbocycles. The van der Waals surface area contributed by atoms with Crippen LogP contribution in [0.5, 0.6) is 0 Å². The number of ether oxygens (including phenoxy) is 1. The number of carbonyl (C=O) groups is 4. The van der Waals surface area contributed by atoms with Gasteiger partial charge in [-0.05, 0) is 36.8 Å². The first-order valence-electron chi connectivity index (χ1n) is 9.88. The third-order valence-corrected chi connectivity index (χ3v) is 5.35. The highest BCUT2D eigenvalue weighted by Crippen LogP contribution is 2.38. The Balaban J connectivity index is 1.74. The van der Waals surface area contributed by atoms with Gasteiger partial charge in [0.25, 0.3) is 5.91 Å². The lowest BCUT2D eigenvalue weighted by molar-refractivity contribution is -0.138. The Hall–Kier alpha value is -4.13. The van der Waals surface area contributed by atoms with Crippen molar-refractivity contribution < 1.29 is 28.3 Å². The molecule has 7 heteroatoms. The fraction of sp³-hybridized carbons (Fsp3) is 0.120. The van der Waals surface area contributed by atoms with Crippen LogP contribution in [-0.2, 0) is 14.3 Å². The second kappa shape index (κ2) is 8.55. The van der Waals surface area contributed by atoms with Crippen molar-refractivity contribution in [3.63, 3.8) is 0 Å². The molecule has 0 unspecified atom stereocenters. The number of fused-ring (bicyclic) bond motifs is 1. The number of rotatable bonds is 6. The molecule has 4 rings (SSSR count). The molecule has 32 heavy (non-hydrogen) atoms. The number of ketones is 2. The molecule has 1 N–H and O–H groups in total. The van der Waals surface area contributed by atoms with E-state index in [0.29, 0.717) is 16.8 Å². The summed E-state index contributed by atoms with van der Waals surface area (Å²) < 4.78 is 19.7. The largest absolute Gasteiger partial charge is 0.453 e. The first kappa shape index (κ1) is 21.1. The predicted octanol–water partition coefficient (Wildman–Crippen LogP) is 4.05. The van der Waals surface area contributed by atoms with E-state index in [4.69, 9.17) is 4.74 Å². The number of hydrogen-bond acceptors (Lipinski definition) is 5. The number of amides is 1. The van der Waals surface area contributed by atoms with Crippen LogP contribution >= 0.6 is 0 Å². The average molecular weight is 431 g/mol. The van der Waals surface area contributed by atoms with Crippen molar-refractivity contribution in [2.75, 3.05) is 5.32 Å². The van der Waals surface area contributed by atoms with Gasteiger partial charge < -0.3 is 10.1 Å². The normalized spacial score (nSPS) is 15.4. The molecule has 0 fully saturated rings. The van der Waals surface area contributed by atoms with Gasteiger partial charge in [-0.1, -0.05) is 48.5 Å². The zero-order chi connectivity index (χ0) is 22.8. The van der Waals surface area contributed by atoms with E-state index in [1.165, 1.54) is 24.3 Å². The molecule has 0 aliphatic carbocycles. The Morgan fingerprint density at radius 2 is 1.59 bits per heavy atom. The van der Waals surface area contributed by atoms with Crippen LogP contribution in [-0.4, -0.2) is 23.4 Å². The van der Waals surface area contributed by atoms with Gasteiger partial charge in [-0.15, -0.1) is 0 Å². The van der Waals surface area contributed by atoms with Gasteiger partial charge in [-0.3, -0.25) is 14.4 Å². The first-order valence-corrected chi connectivity index (χ1v) is 9.88. The van der Waals surface area contributed by atoms with E-state index < -0.39 is 41.3 Å². The molecule has 0 saturated carbocycles. The zero-order valence-corrected chi connectivity index (χ0v) is 17.0. The van der Waals surface area contributed by atoms with Crippen molar-refractivity contribution in [3.05, 3.63) is 101 Å². The number of anilines is 1. The summed E-state index contributed by atoms with van der Waals surface area (Å²) in [4.78, 5) is 51.7. The van der Waals surface area contributed by atoms with Crippen molar-refractivity contribution in [1.82, 2.24) is 0 Å². The predicted molar refractivity (Wildman–Crippen MR) is 114 cm³/mol. The van der Waals surface area contributed by atoms with Gasteiger partial charge in [0.2, 0.25) is 5.78 Å². The lowest BCUT2D eigenvalue weighted by atomic mass is 9.84. The average Bonchev–Trinajstić information content (AvgIpc) is 3.12. The fourth-order valence-electron chi connectivity index (χ4n) is 3.68. The van der Waals surface area contributed by atoms with Crippen LogP contribution in [0.2, 0.25) is 0 Å². The van der Waals surface area contributed by atoms with Gasteiger partial charge in [0, 0.05) is 11.3 Å². The van der Waals surface area contributed by atoms with E-state index in [0.717, 1.165) is 6.07 Å². The summed E-state index contributed by atoms with van der Waals surface area (Å²) in [5.41, 5.74) is 1.23. The van der Waals surface area contributed by atoms with E-state index in [2.05, 4.69) is 5.32 Å². The molecule has 6 nitrogen and oxygen atoms in total. The maximum Gasteiger partial charge on any atom is 0.339 e. The smallest absolute Gasteiger partial charge is 0.339 e. The third-order valence-electron chi connectivity index (χ3n) is 5.35. The number of benzene rings is 3. The summed E-state index contributed by atoms with van der Waals surface area (Å²) in [6.45, 7) is 1.75. The summed E-state index contributed by atoms with van der Waals surface area (Å²) in [5.74, 6) is -6.44. The number of hydrogen-bond donors (Lipinski definition) is 1. The number of esters is 1. The van der Waals surface area contributed by atoms with Crippen LogP contribution in [0, 0.1) is 18.7 Å². The second-order valence-electron chi connectivity index (χ2n) is 7.37. The monoisotopic (exact) mass is 431 g/mol. The minimum atomic E-state index is -1.75. The highest BCUT2D eigenvalue weighted by molar-refractivity contribution is 6.45. The second-order valence-corrected chi connectivity index (χ2v) is 7.37. The highest BCUT2D eigenvalue weighted by atomic mass is 19.1. The molecule has 1 aliphatic heterocycles. The van der Waals surface area contributed by atoms with Crippen LogP contribution in [0.4, 0.5) is 10.1 Å². The number of carbonyl (C=O) groups excluding carboxylic acids is 4. The van der Waals surface area contributed by atoms with E-state index in [1.54, 1.807) is 49.4 Å². The molecular formula is C25H18FNO5. The molecule has 0 saturated heterocycles. The van der Waals surface area contributed by atoms with Gasteiger partial charge in [0.05, 0.1) is 11.1 Å². The number of aryl methyl sites for hydroxylation is 1. The molecule has 0 bridgehead atoms. The molecule has 160 valence electrons. The van der Waals surface area contributed by atoms with Crippen molar-refractivity contribution in [1.29, 1.82) is 0 Å². The maximum absolute atomic E-state index is 14.4. The lowest BCUT2D eigenvalue weighted by Crippen LogP contribution is -2.38. The molecule has 0 spiro atoms. The first-order chi connectivity index (χ1) is 15.4. The molecule has 2 atom stereocenters. The van der Waals surface area contributed by atoms with Crippen molar-refractivity contribution in [2.45, 2.75) is 13.0 Å². The quantitative estimate of drug-likeness (QED) is 0.275. The minimum absolute atomic E-state index is 0.191. The Kier molecular flexibility index (Phi) is 5.64. The molecular weight excluding hydrogens is 413 g/mol. The zero-order valence-electron chi connectivity index (χ0n) is 17.0. The van der Waals surface area contributed by atoms with Crippen LogP contribution < -0.4 is 5.32 Å². The highest BCUT2D eigenvalue weighted by Gasteiger charge is 2.46.